The standard InChI is InChI=1S/C25H24N6O3S/c1-16-5-7-17(8-6-16)20-14-21(22-4-3-13-34-22)31(29-20)23(32)15-35-25-28-27-24(30(25)26)18-9-11-19(33-2)12-10-18/h3-13,21H,14-15,26H2,1-2H3. The second kappa shape index (κ2) is 9.67. The molecule has 178 valence electrons. The first-order valence-corrected chi connectivity index (χ1v) is 12.0. The maximum atomic E-state index is 13.3. The Bertz CT molecular complexity index is 1350. The maximum Gasteiger partial charge on any atom is 0.253 e. The lowest BCUT2D eigenvalue weighted by Crippen LogP contribution is -2.28. The third kappa shape index (κ3) is 4.65. The molecule has 0 fully saturated rings. The Morgan fingerprint density at radius 3 is 2.54 bits per heavy atom. The first kappa shape index (κ1) is 22.7. The van der Waals surface area contributed by atoms with Gasteiger partial charge in [-0.2, -0.15) is 5.10 Å². The summed E-state index contributed by atoms with van der Waals surface area (Å²) in [6.45, 7) is 2.04. The zero-order chi connectivity index (χ0) is 24.4. The van der Waals surface area contributed by atoms with E-state index < -0.39 is 0 Å². The number of ether oxygens (including phenoxy) is 1. The van der Waals surface area contributed by atoms with E-state index in [1.165, 1.54) is 27.0 Å². The molecule has 0 aliphatic carbocycles. The minimum atomic E-state index is -0.306. The van der Waals surface area contributed by atoms with E-state index in [9.17, 15) is 4.79 Å². The highest BCUT2D eigenvalue weighted by Crippen LogP contribution is 2.34. The van der Waals surface area contributed by atoms with Crippen molar-refractivity contribution in [1.82, 2.24) is 19.9 Å². The monoisotopic (exact) mass is 488 g/mol. The van der Waals surface area contributed by atoms with Crippen LogP contribution in [0.15, 0.2) is 81.6 Å². The highest BCUT2D eigenvalue weighted by Gasteiger charge is 2.35. The van der Waals surface area contributed by atoms with Gasteiger partial charge in [-0.3, -0.25) is 4.79 Å². The molecular formula is C25H24N6O3S. The van der Waals surface area contributed by atoms with Crippen LogP contribution in [0.3, 0.4) is 0 Å². The number of hydrogen-bond donors (Lipinski definition) is 1. The molecule has 0 spiro atoms. The van der Waals surface area contributed by atoms with E-state index >= 15 is 0 Å². The van der Waals surface area contributed by atoms with Crippen LogP contribution in [0.25, 0.3) is 11.4 Å². The highest BCUT2D eigenvalue weighted by molar-refractivity contribution is 7.99. The third-order valence-corrected chi connectivity index (χ3v) is 6.69. The van der Waals surface area contributed by atoms with E-state index in [-0.39, 0.29) is 17.7 Å². The molecule has 1 aliphatic rings. The van der Waals surface area contributed by atoms with Crippen molar-refractivity contribution in [2.24, 2.45) is 5.10 Å². The first-order valence-electron chi connectivity index (χ1n) is 11.0. The van der Waals surface area contributed by atoms with E-state index in [4.69, 9.17) is 15.0 Å². The second-order valence-corrected chi connectivity index (χ2v) is 9.02. The first-order chi connectivity index (χ1) is 17.0. The molecule has 1 amide bonds. The lowest BCUT2D eigenvalue weighted by Gasteiger charge is -2.19. The summed E-state index contributed by atoms with van der Waals surface area (Å²) in [6, 6.07) is 18.8. The fraction of sp³-hybridized carbons (Fsp3) is 0.200. The van der Waals surface area contributed by atoms with Gasteiger partial charge in [-0.1, -0.05) is 41.6 Å². The summed E-state index contributed by atoms with van der Waals surface area (Å²) in [5, 5.41) is 15.0. The van der Waals surface area contributed by atoms with Gasteiger partial charge in [-0.05, 0) is 48.9 Å². The van der Waals surface area contributed by atoms with Gasteiger partial charge in [0.2, 0.25) is 5.16 Å². The van der Waals surface area contributed by atoms with Gasteiger partial charge in [0.25, 0.3) is 5.91 Å². The number of amides is 1. The van der Waals surface area contributed by atoms with Crippen molar-refractivity contribution in [1.29, 1.82) is 0 Å². The molecule has 0 radical (unpaired) electrons. The summed E-state index contributed by atoms with van der Waals surface area (Å²) in [4.78, 5) is 13.3. The molecule has 2 aromatic heterocycles. The largest absolute Gasteiger partial charge is 0.497 e. The smallest absolute Gasteiger partial charge is 0.253 e. The summed E-state index contributed by atoms with van der Waals surface area (Å²) in [5.41, 5.74) is 3.79. The van der Waals surface area contributed by atoms with Crippen LogP contribution in [-0.4, -0.2) is 44.4 Å². The summed E-state index contributed by atoms with van der Waals surface area (Å²) in [6.07, 6.45) is 2.18. The van der Waals surface area contributed by atoms with Crippen molar-refractivity contribution in [2.45, 2.75) is 24.5 Å². The Morgan fingerprint density at radius 2 is 1.86 bits per heavy atom. The third-order valence-electron chi connectivity index (χ3n) is 5.76. The van der Waals surface area contributed by atoms with Crippen molar-refractivity contribution in [3.8, 4) is 17.1 Å². The maximum absolute atomic E-state index is 13.3. The van der Waals surface area contributed by atoms with Gasteiger partial charge in [0.15, 0.2) is 5.82 Å². The lowest BCUT2D eigenvalue weighted by atomic mass is 10.0. The zero-order valence-electron chi connectivity index (χ0n) is 19.3. The van der Waals surface area contributed by atoms with Crippen molar-refractivity contribution in [3.05, 3.63) is 83.8 Å². The number of carbonyl (C=O) groups is 1. The van der Waals surface area contributed by atoms with E-state index in [1.54, 1.807) is 13.4 Å². The van der Waals surface area contributed by atoms with E-state index in [2.05, 4.69) is 15.3 Å². The average molecular weight is 489 g/mol. The summed E-state index contributed by atoms with van der Waals surface area (Å²) >= 11 is 1.21. The second-order valence-electron chi connectivity index (χ2n) is 8.08. The Hall–Kier alpha value is -4.05. The number of carbonyl (C=O) groups excluding carboxylic acids is 1. The van der Waals surface area contributed by atoms with Crippen molar-refractivity contribution in [3.63, 3.8) is 0 Å². The fourth-order valence-corrected chi connectivity index (χ4v) is 4.58. The molecule has 2 N–H and O–H groups in total. The molecule has 10 heteroatoms. The summed E-state index contributed by atoms with van der Waals surface area (Å²) < 4.78 is 12.2. The van der Waals surface area contributed by atoms with Gasteiger partial charge in [0, 0.05) is 12.0 Å². The normalized spacial score (nSPS) is 15.3. The van der Waals surface area contributed by atoms with Crippen LogP contribution in [0.5, 0.6) is 5.75 Å². The van der Waals surface area contributed by atoms with Gasteiger partial charge in [-0.25, -0.2) is 9.69 Å². The van der Waals surface area contributed by atoms with Crippen molar-refractivity contribution in [2.75, 3.05) is 18.7 Å². The molecule has 3 heterocycles. The molecule has 0 bridgehead atoms. The van der Waals surface area contributed by atoms with E-state index in [0.717, 1.165) is 22.6 Å². The molecule has 9 nitrogen and oxygen atoms in total. The molecule has 0 saturated heterocycles. The fourth-order valence-electron chi connectivity index (χ4n) is 3.87. The van der Waals surface area contributed by atoms with Gasteiger partial charge < -0.3 is 15.0 Å². The van der Waals surface area contributed by atoms with E-state index in [1.807, 2.05) is 67.6 Å². The number of nitrogens with two attached hydrogens (primary N) is 1. The minimum Gasteiger partial charge on any atom is -0.497 e. The van der Waals surface area contributed by atoms with Crippen molar-refractivity contribution >= 4 is 23.4 Å². The molecule has 4 aromatic rings. The van der Waals surface area contributed by atoms with Crippen LogP contribution in [0.1, 0.15) is 29.3 Å². The van der Waals surface area contributed by atoms with Gasteiger partial charge in [-0.15, -0.1) is 10.2 Å². The number of methoxy groups -OCH3 is 1. The SMILES string of the molecule is COc1ccc(-c2nnc(SCC(=O)N3N=C(c4ccc(C)cc4)CC3c3ccco3)n2N)cc1. The predicted molar refractivity (Wildman–Crippen MR) is 134 cm³/mol. The number of furan rings is 1. The van der Waals surface area contributed by atoms with Crippen LogP contribution < -0.4 is 10.6 Å². The molecule has 0 saturated carbocycles. The number of rotatable bonds is 7. The Balaban J connectivity index is 1.33. The summed E-state index contributed by atoms with van der Waals surface area (Å²) in [5.74, 6) is 8.08. The number of nitrogens with zero attached hydrogens (tertiary/aromatic N) is 5. The number of benzene rings is 2. The Kier molecular flexibility index (Phi) is 6.28. The molecule has 35 heavy (non-hydrogen) atoms. The van der Waals surface area contributed by atoms with Crippen LogP contribution in [-0.2, 0) is 4.79 Å². The molecule has 2 aromatic carbocycles. The van der Waals surface area contributed by atoms with Gasteiger partial charge >= 0.3 is 0 Å². The quantitative estimate of drug-likeness (QED) is 0.309. The molecule has 5 rings (SSSR count). The number of aromatic nitrogens is 3. The molecule has 1 atom stereocenters. The topological polar surface area (TPSA) is 112 Å². The molecule has 1 aliphatic heterocycles. The minimum absolute atomic E-state index is 0.0971. The Morgan fingerprint density at radius 1 is 1.11 bits per heavy atom. The predicted octanol–water partition coefficient (Wildman–Crippen LogP) is 4.04. The van der Waals surface area contributed by atoms with Crippen LogP contribution in [0.2, 0.25) is 0 Å². The Labute approximate surface area is 206 Å². The zero-order valence-corrected chi connectivity index (χ0v) is 20.1. The number of hydrogen-bond acceptors (Lipinski definition) is 8. The summed E-state index contributed by atoms with van der Waals surface area (Å²) in [7, 11) is 1.61. The van der Waals surface area contributed by atoms with Crippen LogP contribution >= 0.6 is 11.8 Å². The average Bonchev–Trinajstić information content (AvgIpc) is 3.63. The molecular weight excluding hydrogens is 464 g/mol. The number of aryl methyl sites for hydroxylation is 1. The number of thioether (sulfide) groups is 1. The highest BCUT2D eigenvalue weighted by atomic mass is 32.2. The lowest BCUT2D eigenvalue weighted by molar-refractivity contribution is -0.130. The number of hydrazone groups is 1. The van der Waals surface area contributed by atoms with Crippen molar-refractivity contribution < 1.29 is 13.9 Å². The van der Waals surface area contributed by atoms with Gasteiger partial charge in [0.05, 0.1) is 24.8 Å². The number of nitrogen functional groups attached to an aromatic ring is 1. The van der Waals surface area contributed by atoms with Crippen LogP contribution in [0.4, 0.5) is 0 Å². The molecule has 1 unspecified atom stereocenters. The van der Waals surface area contributed by atoms with E-state index in [0.29, 0.717) is 23.2 Å². The van der Waals surface area contributed by atoms with Gasteiger partial charge in [0.1, 0.15) is 17.6 Å². The van der Waals surface area contributed by atoms with Crippen LogP contribution in [0, 0.1) is 6.92 Å².